The molecule has 9 heteroatoms. The number of carbonyl (C=O) groups excluding carboxylic acids is 2. The van der Waals surface area contributed by atoms with Gasteiger partial charge in [-0.2, -0.15) is 5.10 Å². The van der Waals surface area contributed by atoms with Crippen LogP contribution in [0.4, 0.5) is 0 Å². The van der Waals surface area contributed by atoms with E-state index in [1.165, 1.54) is 18.4 Å². The van der Waals surface area contributed by atoms with Crippen LogP contribution in [-0.4, -0.2) is 52.3 Å². The Balaban J connectivity index is 1.59. The third-order valence-electron chi connectivity index (χ3n) is 6.46. The second-order valence-corrected chi connectivity index (χ2v) is 8.89. The van der Waals surface area contributed by atoms with Crippen molar-refractivity contribution in [3.05, 3.63) is 76.0 Å². The lowest BCUT2D eigenvalue weighted by atomic mass is 9.95. The largest absolute Gasteiger partial charge is 0.497 e. The Morgan fingerprint density at radius 2 is 1.89 bits per heavy atom. The first kappa shape index (κ1) is 24.3. The van der Waals surface area contributed by atoms with Crippen LogP contribution in [0.2, 0.25) is 0 Å². The number of ether oxygens (including phenoxy) is 1. The number of benzene rings is 1. The molecule has 0 radical (unpaired) electrons. The van der Waals surface area contributed by atoms with E-state index in [2.05, 4.69) is 10.4 Å². The maximum Gasteiger partial charge on any atom is 0.259 e. The molecule has 0 unspecified atom stereocenters. The smallest absolute Gasteiger partial charge is 0.259 e. The summed E-state index contributed by atoms with van der Waals surface area (Å²) in [6.07, 6.45) is 12.0. The van der Waals surface area contributed by atoms with Crippen LogP contribution in [-0.2, 0) is 6.54 Å². The molecule has 0 spiro atoms. The minimum atomic E-state index is -0.555. The number of amides is 2. The molecule has 3 aromatic rings. The average molecular weight is 478 g/mol. The van der Waals surface area contributed by atoms with Crippen LogP contribution in [0.5, 0.6) is 5.75 Å². The van der Waals surface area contributed by atoms with Crippen molar-refractivity contribution in [2.24, 2.45) is 0 Å². The number of nitrogens with zero attached hydrogens (tertiary/aromatic N) is 4. The summed E-state index contributed by atoms with van der Waals surface area (Å²) in [6.45, 7) is 0.260. The lowest BCUT2D eigenvalue weighted by Gasteiger charge is -2.26. The molecule has 0 aliphatic heterocycles. The summed E-state index contributed by atoms with van der Waals surface area (Å²) < 4.78 is 8.86. The van der Waals surface area contributed by atoms with Crippen LogP contribution in [0.1, 0.15) is 64.4 Å². The second kappa shape index (κ2) is 10.6. The Morgan fingerprint density at radius 1 is 1.14 bits per heavy atom. The summed E-state index contributed by atoms with van der Waals surface area (Å²) in [5, 5.41) is 6.91. The number of aromatic nitrogens is 3. The van der Waals surface area contributed by atoms with Gasteiger partial charge in [-0.05, 0) is 25.0 Å². The molecule has 1 aliphatic carbocycles. The van der Waals surface area contributed by atoms with Gasteiger partial charge >= 0.3 is 0 Å². The van der Waals surface area contributed by atoms with E-state index in [0.717, 1.165) is 42.7 Å². The zero-order chi connectivity index (χ0) is 24.9. The highest BCUT2D eigenvalue weighted by molar-refractivity contribution is 5.99. The van der Waals surface area contributed by atoms with Gasteiger partial charge in [0, 0.05) is 56.9 Å². The Kier molecular flexibility index (Phi) is 7.33. The Bertz CT molecular complexity index is 1270. The van der Waals surface area contributed by atoms with Gasteiger partial charge in [-0.3, -0.25) is 14.4 Å². The first-order chi connectivity index (χ1) is 16.9. The molecule has 0 saturated heterocycles. The number of hydrogen-bond donors (Lipinski definition) is 1. The lowest BCUT2D eigenvalue weighted by molar-refractivity contribution is 0.0782. The predicted molar refractivity (Wildman–Crippen MR) is 132 cm³/mol. The predicted octanol–water partition coefficient (Wildman–Crippen LogP) is 3.18. The van der Waals surface area contributed by atoms with Crippen LogP contribution in [0, 0.1) is 0 Å². The fourth-order valence-corrected chi connectivity index (χ4v) is 4.52. The number of methoxy groups -OCH3 is 1. The van der Waals surface area contributed by atoms with Crippen molar-refractivity contribution in [1.82, 2.24) is 24.6 Å². The van der Waals surface area contributed by atoms with Gasteiger partial charge in [-0.25, -0.2) is 4.68 Å². The molecule has 184 valence electrons. The summed E-state index contributed by atoms with van der Waals surface area (Å²) in [5.41, 5.74) is 1.07. The SMILES string of the molecule is CNC(=O)c1cn(C2CCCCC2)cc(C(=O)N(C)Cc2cnn(-c3cccc(OC)c3)c2)c1=O. The number of carbonyl (C=O) groups is 2. The summed E-state index contributed by atoms with van der Waals surface area (Å²) in [4.78, 5) is 40.4. The minimum absolute atomic E-state index is 0.000592. The van der Waals surface area contributed by atoms with Gasteiger partial charge in [0.1, 0.15) is 16.9 Å². The van der Waals surface area contributed by atoms with Crippen LogP contribution < -0.4 is 15.5 Å². The molecule has 4 rings (SSSR count). The third-order valence-corrected chi connectivity index (χ3v) is 6.46. The molecule has 1 saturated carbocycles. The Hall–Kier alpha value is -3.88. The van der Waals surface area contributed by atoms with Crippen LogP contribution in [0.25, 0.3) is 5.69 Å². The van der Waals surface area contributed by atoms with E-state index in [-0.39, 0.29) is 23.7 Å². The van der Waals surface area contributed by atoms with E-state index in [9.17, 15) is 14.4 Å². The molecule has 1 aliphatic rings. The topological polar surface area (TPSA) is 98.5 Å². The van der Waals surface area contributed by atoms with Gasteiger partial charge in [0.2, 0.25) is 5.43 Å². The molecule has 2 heterocycles. The van der Waals surface area contributed by atoms with Gasteiger partial charge in [0.05, 0.1) is 19.0 Å². The number of pyridine rings is 1. The van der Waals surface area contributed by atoms with E-state index >= 15 is 0 Å². The Morgan fingerprint density at radius 3 is 2.60 bits per heavy atom. The molecule has 0 atom stereocenters. The van der Waals surface area contributed by atoms with Crippen molar-refractivity contribution in [3.63, 3.8) is 0 Å². The van der Waals surface area contributed by atoms with Crippen LogP contribution in [0.15, 0.2) is 53.8 Å². The summed E-state index contributed by atoms with van der Waals surface area (Å²) in [6, 6.07) is 7.68. The van der Waals surface area contributed by atoms with Crippen LogP contribution in [0.3, 0.4) is 0 Å². The first-order valence-electron chi connectivity index (χ1n) is 11.8. The zero-order valence-electron chi connectivity index (χ0n) is 20.4. The number of rotatable bonds is 7. The summed E-state index contributed by atoms with van der Waals surface area (Å²) in [7, 11) is 4.73. The Labute approximate surface area is 204 Å². The van der Waals surface area contributed by atoms with Crippen molar-refractivity contribution >= 4 is 11.8 Å². The van der Waals surface area contributed by atoms with Gasteiger partial charge in [0.25, 0.3) is 11.8 Å². The standard InChI is InChI=1S/C26H31N5O4/c1-27-25(33)22-16-30(19-8-5-4-6-9-19)17-23(24(22)32)26(34)29(2)14-18-13-28-31(15-18)20-10-7-11-21(12-20)35-3/h7,10-13,15-17,19H,4-6,8-9,14H2,1-3H3,(H,27,33). The highest BCUT2D eigenvalue weighted by Gasteiger charge is 2.24. The fourth-order valence-electron chi connectivity index (χ4n) is 4.52. The van der Waals surface area contributed by atoms with E-state index in [1.807, 2.05) is 35.0 Å². The van der Waals surface area contributed by atoms with E-state index in [0.29, 0.717) is 0 Å². The van der Waals surface area contributed by atoms with Crippen molar-refractivity contribution in [2.75, 3.05) is 21.2 Å². The van der Waals surface area contributed by atoms with Crippen molar-refractivity contribution in [1.29, 1.82) is 0 Å². The molecule has 2 aromatic heterocycles. The number of hydrogen-bond acceptors (Lipinski definition) is 5. The highest BCUT2D eigenvalue weighted by atomic mass is 16.5. The van der Waals surface area contributed by atoms with Gasteiger partial charge in [-0.15, -0.1) is 0 Å². The lowest BCUT2D eigenvalue weighted by Crippen LogP contribution is -2.35. The monoisotopic (exact) mass is 477 g/mol. The third kappa shape index (κ3) is 5.29. The number of nitrogens with one attached hydrogen (secondary N) is 1. The van der Waals surface area contributed by atoms with Crippen molar-refractivity contribution in [2.45, 2.75) is 44.7 Å². The summed E-state index contributed by atoms with van der Waals surface area (Å²) >= 11 is 0. The van der Waals surface area contributed by atoms with Crippen molar-refractivity contribution < 1.29 is 14.3 Å². The average Bonchev–Trinajstić information content (AvgIpc) is 3.37. The molecule has 2 amide bonds. The molecule has 9 nitrogen and oxygen atoms in total. The van der Waals surface area contributed by atoms with Gasteiger partial charge < -0.3 is 19.5 Å². The van der Waals surface area contributed by atoms with E-state index < -0.39 is 17.2 Å². The molecule has 1 aromatic carbocycles. The van der Waals surface area contributed by atoms with Gasteiger partial charge in [-0.1, -0.05) is 25.3 Å². The van der Waals surface area contributed by atoms with Gasteiger partial charge in [0.15, 0.2) is 0 Å². The second-order valence-electron chi connectivity index (χ2n) is 8.89. The maximum atomic E-state index is 13.4. The van der Waals surface area contributed by atoms with Crippen LogP contribution >= 0.6 is 0 Å². The maximum absolute atomic E-state index is 13.4. The quantitative estimate of drug-likeness (QED) is 0.564. The highest BCUT2D eigenvalue weighted by Crippen LogP contribution is 2.28. The van der Waals surface area contributed by atoms with E-state index in [4.69, 9.17) is 4.74 Å². The molecular weight excluding hydrogens is 446 g/mol. The molecular formula is C26H31N5O4. The van der Waals surface area contributed by atoms with Crippen molar-refractivity contribution in [3.8, 4) is 11.4 Å². The van der Waals surface area contributed by atoms with E-state index in [1.54, 1.807) is 37.4 Å². The summed E-state index contributed by atoms with van der Waals surface area (Å²) in [5.74, 6) is -0.201. The molecule has 1 N–H and O–H groups in total. The zero-order valence-corrected chi connectivity index (χ0v) is 20.4. The molecule has 0 bridgehead atoms. The molecule has 1 fully saturated rings. The minimum Gasteiger partial charge on any atom is -0.497 e. The normalized spacial score (nSPS) is 13.9. The molecule has 35 heavy (non-hydrogen) atoms. The first-order valence-corrected chi connectivity index (χ1v) is 11.8. The fraction of sp³-hybridized carbons (Fsp3) is 0.385.